The number of sulfonamides is 1. The highest BCUT2D eigenvalue weighted by molar-refractivity contribution is 7.89. The number of benzene rings is 3. The van der Waals surface area contributed by atoms with Gasteiger partial charge in [-0.2, -0.15) is 4.31 Å². The summed E-state index contributed by atoms with van der Waals surface area (Å²) in [5.41, 5.74) is -0.450. The van der Waals surface area contributed by atoms with Gasteiger partial charge >= 0.3 is 5.69 Å². The van der Waals surface area contributed by atoms with Gasteiger partial charge in [0.1, 0.15) is 17.2 Å². The van der Waals surface area contributed by atoms with Gasteiger partial charge in [0, 0.05) is 25.2 Å². The normalized spacial score (nSPS) is 14.6. The molecule has 32 heavy (non-hydrogen) atoms. The summed E-state index contributed by atoms with van der Waals surface area (Å²) in [6.07, 6.45) is 0. The van der Waals surface area contributed by atoms with Crippen molar-refractivity contribution in [2.24, 2.45) is 0 Å². The van der Waals surface area contributed by atoms with Crippen molar-refractivity contribution in [3.63, 3.8) is 0 Å². The molecule has 0 radical (unpaired) electrons. The van der Waals surface area contributed by atoms with Gasteiger partial charge in [0.25, 0.3) is 0 Å². The first kappa shape index (κ1) is 21.8. The summed E-state index contributed by atoms with van der Waals surface area (Å²) < 4.78 is 43.6. The van der Waals surface area contributed by atoms with Crippen LogP contribution >= 0.6 is 0 Å². The number of nitro benzene ring substituents is 1. The highest BCUT2D eigenvalue weighted by Gasteiger charge is 2.29. The van der Waals surface area contributed by atoms with Gasteiger partial charge in [-0.1, -0.05) is 24.3 Å². The molecule has 0 spiro atoms. The second-order valence-corrected chi connectivity index (χ2v) is 8.83. The summed E-state index contributed by atoms with van der Waals surface area (Å²) in [5.74, 6) is 1.36. The van der Waals surface area contributed by atoms with E-state index in [2.05, 4.69) is 0 Å². The fourth-order valence-electron chi connectivity index (χ4n) is 3.18. The maximum atomic E-state index is 12.8. The summed E-state index contributed by atoms with van der Waals surface area (Å²) in [4.78, 5) is 10.8. The lowest BCUT2D eigenvalue weighted by Crippen LogP contribution is -2.40. The average molecular weight is 456 g/mol. The number of morpholine rings is 1. The van der Waals surface area contributed by atoms with Crippen LogP contribution in [0.4, 0.5) is 5.69 Å². The SMILES string of the molecule is O=[N+]([O-])c1cc(S(=O)(=O)N2CCOCC2)ccc1Oc1cccc(Oc2ccccc2)c1. The Labute approximate surface area is 185 Å². The zero-order valence-corrected chi connectivity index (χ0v) is 17.7. The quantitative estimate of drug-likeness (QED) is 0.387. The van der Waals surface area contributed by atoms with E-state index in [-0.39, 0.29) is 36.9 Å². The second-order valence-electron chi connectivity index (χ2n) is 6.90. The van der Waals surface area contributed by atoms with Gasteiger partial charge < -0.3 is 14.2 Å². The number of hydrogen-bond donors (Lipinski definition) is 0. The number of para-hydroxylation sites is 1. The lowest BCUT2D eigenvalue weighted by Gasteiger charge is -2.26. The van der Waals surface area contributed by atoms with Gasteiger partial charge in [0.15, 0.2) is 0 Å². The van der Waals surface area contributed by atoms with Crippen molar-refractivity contribution >= 4 is 15.7 Å². The van der Waals surface area contributed by atoms with Crippen LogP contribution in [0.1, 0.15) is 0 Å². The van der Waals surface area contributed by atoms with Crippen LogP contribution in [-0.2, 0) is 14.8 Å². The predicted octanol–water partition coefficient (Wildman–Crippen LogP) is 4.20. The van der Waals surface area contributed by atoms with Crippen LogP contribution < -0.4 is 9.47 Å². The van der Waals surface area contributed by atoms with Crippen molar-refractivity contribution in [2.45, 2.75) is 4.90 Å². The molecule has 1 aliphatic heterocycles. The summed E-state index contributed by atoms with van der Waals surface area (Å²) >= 11 is 0. The van der Waals surface area contributed by atoms with Crippen LogP contribution in [0.2, 0.25) is 0 Å². The Kier molecular flexibility index (Phi) is 6.35. The molecule has 166 valence electrons. The third-order valence-electron chi connectivity index (χ3n) is 4.75. The van der Waals surface area contributed by atoms with Crippen molar-refractivity contribution in [2.75, 3.05) is 26.3 Å². The Hall–Kier alpha value is -3.47. The predicted molar refractivity (Wildman–Crippen MR) is 116 cm³/mol. The van der Waals surface area contributed by atoms with Gasteiger partial charge in [-0.3, -0.25) is 10.1 Å². The van der Waals surface area contributed by atoms with E-state index in [1.54, 1.807) is 36.4 Å². The number of nitro groups is 1. The molecule has 9 nitrogen and oxygen atoms in total. The van der Waals surface area contributed by atoms with Crippen LogP contribution in [0, 0.1) is 10.1 Å². The molecule has 4 rings (SSSR count). The monoisotopic (exact) mass is 456 g/mol. The molecule has 3 aromatic rings. The number of nitrogens with zero attached hydrogens (tertiary/aromatic N) is 2. The van der Waals surface area contributed by atoms with Crippen LogP contribution in [0.15, 0.2) is 77.7 Å². The molecule has 0 unspecified atom stereocenters. The van der Waals surface area contributed by atoms with E-state index in [9.17, 15) is 18.5 Å². The molecule has 0 bridgehead atoms. The molecule has 0 aliphatic carbocycles. The van der Waals surface area contributed by atoms with E-state index >= 15 is 0 Å². The first-order valence-corrected chi connectivity index (χ1v) is 11.2. The van der Waals surface area contributed by atoms with Gasteiger partial charge in [-0.15, -0.1) is 0 Å². The van der Waals surface area contributed by atoms with E-state index in [1.165, 1.54) is 16.4 Å². The fraction of sp³-hybridized carbons (Fsp3) is 0.182. The molecule has 1 saturated heterocycles. The molecule has 3 aromatic carbocycles. The van der Waals surface area contributed by atoms with E-state index < -0.39 is 20.6 Å². The number of rotatable bonds is 7. The molecular formula is C22H20N2O7S. The highest BCUT2D eigenvalue weighted by Crippen LogP contribution is 2.35. The van der Waals surface area contributed by atoms with Crippen molar-refractivity contribution in [3.8, 4) is 23.0 Å². The number of ether oxygens (including phenoxy) is 3. The minimum Gasteiger partial charge on any atom is -0.457 e. The van der Waals surface area contributed by atoms with E-state index in [4.69, 9.17) is 14.2 Å². The highest BCUT2D eigenvalue weighted by atomic mass is 32.2. The standard InChI is InChI=1S/C22H20N2O7S/c25-24(26)21-16-20(32(27,28)23-11-13-29-14-12-23)9-10-22(21)31-19-8-4-7-18(15-19)30-17-5-2-1-3-6-17/h1-10,15-16H,11-14H2. The molecule has 0 aromatic heterocycles. The molecule has 1 aliphatic rings. The van der Waals surface area contributed by atoms with Crippen LogP contribution in [0.5, 0.6) is 23.0 Å². The minimum atomic E-state index is -3.88. The summed E-state index contributed by atoms with van der Waals surface area (Å²) in [7, 11) is -3.88. The molecule has 0 saturated carbocycles. The molecule has 0 atom stereocenters. The van der Waals surface area contributed by atoms with Gasteiger partial charge in [-0.05, 0) is 36.4 Å². The van der Waals surface area contributed by atoms with Crippen molar-refractivity contribution in [1.82, 2.24) is 4.31 Å². The smallest absolute Gasteiger partial charge is 0.312 e. The van der Waals surface area contributed by atoms with Gasteiger partial charge in [0.2, 0.25) is 15.8 Å². The third-order valence-corrected chi connectivity index (χ3v) is 6.64. The van der Waals surface area contributed by atoms with Crippen molar-refractivity contribution < 1.29 is 27.6 Å². The lowest BCUT2D eigenvalue weighted by molar-refractivity contribution is -0.385. The van der Waals surface area contributed by atoms with Crippen LogP contribution in [0.25, 0.3) is 0 Å². The van der Waals surface area contributed by atoms with E-state index in [0.29, 0.717) is 17.2 Å². The zero-order chi connectivity index (χ0) is 22.6. The Bertz CT molecular complexity index is 1210. The van der Waals surface area contributed by atoms with E-state index in [0.717, 1.165) is 6.07 Å². The molecule has 10 heteroatoms. The number of hydrogen-bond acceptors (Lipinski definition) is 7. The first-order valence-electron chi connectivity index (χ1n) is 9.81. The van der Waals surface area contributed by atoms with Gasteiger partial charge in [0.05, 0.1) is 23.0 Å². The minimum absolute atomic E-state index is 0.0761. The second kappa shape index (κ2) is 9.35. The van der Waals surface area contributed by atoms with E-state index in [1.807, 2.05) is 18.2 Å². The Morgan fingerprint density at radius 3 is 2.19 bits per heavy atom. The average Bonchev–Trinajstić information content (AvgIpc) is 2.80. The fourth-order valence-corrected chi connectivity index (χ4v) is 4.60. The maximum absolute atomic E-state index is 12.8. The molecule has 0 amide bonds. The maximum Gasteiger partial charge on any atom is 0.312 e. The molecule has 1 fully saturated rings. The summed E-state index contributed by atoms with van der Waals surface area (Å²) in [5, 5.41) is 11.6. The lowest BCUT2D eigenvalue weighted by atomic mass is 10.3. The summed E-state index contributed by atoms with van der Waals surface area (Å²) in [6.45, 7) is 0.957. The third kappa shape index (κ3) is 4.88. The van der Waals surface area contributed by atoms with Crippen molar-refractivity contribution in [3.05, 3.63) is 82.9 Å². The molecular weight excluding hydrogens is 436 g/mol. The van der Waals surface area contributed by atoms with Crippen molar-refractivity contribution in [1.29, 1.82) is 0 Å². The van der Waals surface area contributed by atoms with Crippen LogP contribution in [-0.4, -0.2) is 43.9 Å². The molecule has 1 heterocycles. The Morgan fingerprint density at radius 1 is 0.844 bits per heavy atom. The first-order chi connectivity index (χ1) is 15.4. The topological polar surface area (TPSA) is 108 Å². The molecule has 0 N–H and O–H groups in total. The summed E-state index contributed by atoms with van der Waals surface area (Å²) in [6, 6.07) is 19.4. The zero-order valence-electron chi connectivity index (χ0n) is 16.9. The van der Waals surface area contributed by atoms with Crippen LogP contribution in [0.3, 0.4) is 0 Å². The largest absolute Gasteiger partial charge is 0.457 e. The van der Waals surface area contributed by atoms with Gasteiger partial charge in [-0.25, -0.2) is 8.42 Å². The Balaban J connectivity index is 1.59. The Morgan fingerprint density at radius 2 is 1.50 bits per heavy atom.